The second kappa shape index (κ2) is 10.0. The van der Waals surface area contributed by atoms with Crippen molar-refractivity contribution in [3.8, 4) is 0 Å². The molecule has 2 rings (SSSR count). The monoisotopic (exact) mass is 389 g/mol. The Morgan fingerprint density at radius 3 is 2.62 bits per heavy atom. The van der Waals surface area contributed by atoms with Crippen molar-refractivity contribution in [2.75, 3.05) is 12.9 Å². The number of hydrogen-bond donors (Lipinski definition) is 1. The quantitative estimate of drug-likeness (QED) is 0.430. The Bertz CT molecular complexity index is 790. The molecular formula is C20H20ClNO3S. The van der Waals surface area contributed by atoms with Crippen LogP contribution >= 0.6 is 23.4 Å². The van der Waals surface area contributed by atoms with Gasteiger partial charge in [0.25, 0.3) is 5.91 Å². The van der Waals surface area contributed by atoms with Crippen LogP contribution in [-0.4, -0.2) is 24.7 Å². The Morgan fingerprint density at radius 1 is 1.23 bits per heavy atom. The summed E-state index contributed by atoms with van der Waals surface area (Å²) in [6, 6.07) is 14.8. The lowest BCUT2D eigenvalue weighted by Gasteiger charge is -2.14. The predicted molar refractivity (Wildman–Crippen MR) is 106 cm³/mol. The minimum Gasteiger partial charge on any atom is -0.452 e. The molecule has 0 aliphatic heterocycles. The zero-order chi connectivity index (χ0) is 18.9. The lowest BCUT2D eigenvalue weighted by Crippen LogP contribution is -2.30. The van der Waals surface area contributed by atoms with Crippen molar-refractivity contribution in [3.63, 3.8) is 0 Å². The summed E-state index contributed by atoms with van der Waals surface area (Å²) in [7, 11) is 0. The van der Waals surface area contributed by atoms with E-state index in [-0.39, 0.29) is 18.6 Å². The van der Waals surface area contributed by atoms with E-state index in [1.807, 2.05) is 49.6 Å². The Labute approximate surface area is 162 Å². The summed E-state index contributed by atoms with van der Waals surface area (Å²) in [5.41, 5.74) is 1.77. The Hall–Kier alpha value is -2.24. The van der Waals surface area contributed by atoms with Crippen LogP contribution in [0.1, 0.15) is 24.1 Å². The summed E-state index contributed by atoms with van der Waals surface area (Å²) in [6.45, 7) is 1.50. The highest BCUT2D eigenvalue weighted by Crippen LogP contribution is 2.17. The maximum Gasteiger partial charge on any atom is 0.331 e. The zero-order valence-electron chi connectivity index (χ0n) is 14.6. The highest BCUT2D eigenvalue weighted by atomic mass is 35.5. The number of nitrogens with one attached hydrogen (secondary N) is 1. The van der Waals surface area contributed by atoms with E-state index in [0.29, 0.717) is 5.02 Å². The Kier molecular flexibility index (Phi) is 7.75. The van der Waals surface area contributed by atoms with Crippen molar-refractivity contribution in [2.45, 2.75) is 17.9 Å². The maximum atomic E-state index is 11.9. The minimum absolute atomic E-state index is 0.231. The average molecular weight is 390 g/mol. The molecule has 0 heterocycles. The third kappa shape index (κ3) is 6.58. The molecule has 1 atom stereocenters. The van der Waals surface area contributed by atoms with Gasteiger partial charge >= 0.3 is 5.97 Å². The molecule has 2 aromatic rings. The molecule has 0 saturated heterocycles. The van der Waals surface area contributed by atoms with Crippen LogP contribution in [0.25, 0.3) is 6.08 Å². The second-order valence-corrected chi connectivity index (χ2v) is 6.87. The van der Waals surface area contributed by atoms with Gasteiger partial charge in [-0.25, -0.2) is 4.79 Å². The largest absolute Gasteiger partial charge is 0.452 e. The summed E-state index contributed by atoms with van der Waals surface area (Å²) < 4.78 is 4.96. The number of halogens is 1. The predicted octanol–water partition coefficient (Wildman–Crippen LogP) is 4.50. The molecule has 136 valence electrons. The molecule has 0 radical (unpaired) electrons. The minimum atomic E-state index is -0.565. The van der Waals surface area contributed by atoms with Gasteiger partial charge in [-0.3, -0.25) is 4.79 Å². The number of hydrogen-bond acceptors (Lipinski definition) is 4. The number of thioether (sulfide) groups is 1. The molecule has 0 aliphatic rings. The molecule has 0 bridgehead atoms. The van der Waals surface area contributed by atoms with Gasteiger partial charge in [0.1, 0.15) is 0 Å². The molecule has 0 fully saturated rings. The summed E-state index contributed by atoms with van der Waals surface area (Å²) >= 11 is 7.59. The molecule has 1 N–H and O–H groups in total. The van der Waals surface area contributed by atoms with E-state index < -0.39 is 5.97 Å². The fraction of sp³-hybridized carbons (Fsp3) is 0.200. The van der Waals surface area contributed by atoms with E-state index in [1.165, 1.54) is 6.08 Å². The number of carbonyl (C=O) groups excluding carboxylic acids is 2. The molecule has 0 saturated carbocycles. The SMILES string of the molecule is CSc1ccc(/C=C/C(=O)OCC(=O)N[C@@H](C)c2cccc(Cl)c2)cc1. The van der Waals surface area contributed by atoms with Crippen LogP contribution in [-0.2, 0) is 14.3 Å². The van der Waals surface area contributed by atoms with Crippen molar-refractivity contribution < 1.29 is 14.3 Å². The summed E-state index contributed by atoms with van der Waals surface area (Å²) in [6.07, 6.45) is 4.96. The van der Waals surface area contributed by atoms with Crippen LogP contribution < -0.4 is 5.32 Å². The number of benzene rings is 2. The highest BCUT2D eigenvalue weighted by molar-refractivity contribution is 7.98. The van der Waals surface area contributed by atoms with Gasteiger partial charge in [0, 0.05) is 16.0 Å². The van der Waals surface area contributed by atoms with E-state index in [2.05, 4.69) is 5.32 Å². The van der Waals surface area contributed by atoms with E-state index in [4.69, 9.17) is 16.3 Å². The molecule has 26 heavy (non-hydrogen) atoms. The topological polar surface area (TPSA) is 55.4 Å². The maximum absolute atomic E-state index is 11.9. The van der Waals surface area contributed by atoms with Gasteiger partial charge in [0.2, 0.25) is 0 Å². The molecule has 0 aliphatic carbocycles. The van der Waals surface area contributed by atoms with E-state index in [1.54, 1.807) is 30.0 Å². The number of esters is 1. The molecule has 0 unspecified atom stereocenters. The average Bonchev–Trinajstić information content (AvgIpc) is 2.65. The van der Waals surface area contributed by atoms with Gasteiger partial charge in [-0.05, 0) is 54.6 Å². The molecule has 4 nitrogen and oxygen atoms in total. The third-order valence-electron chi connectivity index (χ3n) is 3.60. The van der Waals surface area contributed by atoms with Crippen molar-refractivity contribution in [2.24, 2.45) is 0 Å². The van der Waals surface area contributed by atoms with E-state index >= 15 is 0 Å². The zero-order valence-corrected chi connectivity index (χ0v) is 16.1. The summed E-state index contributed by atoms with van der Waals surface area (Å²) in [5.74, 6) is -0.937. The van der Waals surface area contributed by atoms with Crippen LogP contribution in [0, 0.1) is 0 Å². The lowest BCUT2D eigenvalue weighted by atomic mass is 10.1. The smallest absolute Gasteiger partial charge is 0.331 e. The first-order valence-electron chi connectivity index (χ1n) is 8.01. The van der Waals surface area contributed by atoms with Crippen molar-refractivity contribution in [3.05, 3.63) is 70.8 Å². The van der Waals surface area contributed by atoms with Gasteiger partial charge in [0.15, 0.2) is 6.61 Å². The fourth-order valence-electron chi connectivity index (χ4n) is 2.21. The van der Waals surface area contributed by atoms with Crippen LogP contribution in [0.2, 0.25) is 5.02 Å². The Balaban J connectivity index is 1.78. The number of amides is 1. The Morgan fingerprint density at radius 2 is 1.96 bits per heavy atom. The van der Waals surface area contributed by atoms with Gasteiger partial charge in [-0.15, -0.1) is 11.8 Å². The molecule has 1 amide bonds. The number of carbonyl (C=O) groups is 2. The standard InChI is InChI=1S/C20H20ClNO3S/c1-14(16-4-3-5-17(21)12-16)22-19(23)13-25-20(24)11-8-15-6-9-18(26-2)10-7-15/h3-12,14H,13H2,1-2H3,(H,22,23)/b11-8+/t14-/m0/s1. The first kappa shape index (κ1) is 20.1. The molecular weight excluding hydrogens is 370 g/mol. The van der Waals surface area contributed by atoms with Crippen molar-refractivity contribution >= 4 is 41.3 Å². The van der Waals surface area contributed by atoms with Gasteiger partial charge < -0.3 is 10.1 Å². The van der Waals surface area contributed by atoms with Crippen molar-refractivity contribution in [1.29, 1.82) is 0 Å². The summed E-state index contributed by atoms with van der Waals surface area (Å²) in [5, 5.41) is 3.37. The third-order valence-corrected chi connectivity index (χ3v) is 4.58. The van der Waals surface area contributed by atoms with Crippen molar-refractivity contribution in [1.82, 2.24) is 5.32 Å². The van der Waals surface area contributed by atoms with Crippen LogP contribution in [0.5, 0.6) is 0 Å². The molecule has 0 spiro atoms. The number of ether oxygens (including phenoxy) is 1. The fourth-order valence-corrected chi connectivity index (χ4v) is 2.81. The first-order chi connectivity index (χ1) is 12.5. The van der Waals surface area contributed by atoms with E-state index in [0.717, 1.165) is 16.0 Å². The van der Waals surface area contributed by atoms with Gasteiger partial charge in [-0.1, -0.05) is 35.9 Å². The first-order valence-corrected chi connectivity index (χ1v) is 9.62. The van der Waals surface area contributed by atoms with Gasteiger partial charge in [0.05, 0.1) is 6.04 Å². The molecule has 6 heteroatoms. The highest BCUT2D eigenvalue weighted by Gasteiger charge is 2.11. The lowest BCUT2D eigenvalue weighted by molar-refractivity contribution is -0.144. The van der Waals surface area contributed by atoms with Crippen LogP contribution in [0.15, 0.2) is 59.5 Å². The van der Waals surface area contributed by atoms with Crippen LogP contribution in [0.4, 0.5) is 0 Å². The second-order valence-electron chi connectivity index (χ2n) is 5.56. The molecule has 0 aromatic heterocycles. The van der Waals surface area contributed by atoms with Gasteiger partial charge in [-0.2, -0.15) is 0 Å². The molecule has 2 aromatic carbocycles. The van der Waals surface area contributed by atoms with Crippen LogP contribution in [0.3, 0.4) is 0 Å². The number of rotatable bonds is 7. The van der Waals surface area contributed by atoms with E-state index in [9.17, 15) is 9.59 Å². The summed E-state index contributed by atoms with van der Waals surface area (Å²) in [4.78, 5) is 24.8. The normalized spacial score (nSPS) is 12.0.